The van der Waals surface area contributed by atoms with Crippen molar-refractivity contribution in [3.05, 3.63) is 47.1 Å². The lowest BCUT2D eigenvalue weighted by Gasteiger charge is -2.08. The highest BCUT2D eigenvalue weighted by molar-refractivity contribution is 7.08. The molecule has 0 atom stereocenters. The summed E-state index contributed by atoms with van der Waals surface area (Å²) in [6, 6.07) is 3.70. The molecule has 0 aromatic carbocycles. The number of hydrogen-bond donors (Lipinski definition) is 1. The van der Waals surface area contributed by atoms with Gasteiger partial charge in [-0.1, -0.05) is 17.5 Å². The van der Waals surface area contributed by atoms with Crippen LogP contribution in [0.15, 0.2) is 31.0 Å². The largest absolute Gasteiger partial charge is 0.347 e. The predicted octanol–water partition coefficient (Wildman–Crippen LogP) is 1.01. The van der Waals surface area contributed by atoms with Crippen molar-refractivity contribution in [3.8, 4) is 5.82 Å². The third-order valence-electron chi connectivity index (χ3n) is 3.04. The van der Waals surface area contributed by atoms with Gasteiger partial charge in [0.05, 0.1) is 5.69 Å². The summed E-state index contributed by atoms with van der Waals surface area (Å²) in [7, 11) is 0. The summed E-state index contributed by atoms with van der Waals surface area (Å²) in [5.41, 5.74) is 1.56. The van der Waals surface area contributed by atoms with Crippen molar-refractivity contribution >= 4 is 17.4 Å². The van der Waals surface area contributed by atoms with Crippen LogP contribution in [0.5, 0.6) is 0 Å². The van der Waals surface area contributed by atoms with Crippen LogP contribution in [0.1, 0.15) is 27.9 Å². The maximum absolute atomic E-state index is 12.2. The second-order valence-corrected chi connectivity index (χ2v) is 5.17. The van der Waals surface area contributed by atoms with E-state index in [9.17, 15) is 4.79 Å². The van der Waals surface area contributed by atoms with Crippen LogP contribution in [0, 0.1) is 0 Å². The number of carbonyl (C=O) groups excluding carboxylic acids is 1. The molecule has 3 aromatic heterocycles. The van der Waals surface area contributed by atoms with Gasteiger partial charge in [0.25, 0.3) is 5.91 Å². The van der Waals surface area contributed by atoms with Gasteiger partial charge in [-0.2, -0.15) is 5.10 Å². The fourth-order valence-corrected chi connectivity index (χ4v) is 2.63. The summed E-state index contributed by atoms with van der Waals surface area (Å²) >= 11 is 1.10. The van der Waals surface area contributed by atoms with E-state index in [1.165, 1.54) is 6.33 Å². The van der Waals surface area contributed by atoms with Gasteiger partial charge in [-0.25, -0.2) is 14.6 Å². The van der Waals surface area contributed by atoms with E-state index in [2.05, 4.69) is 30.0 Å². The molecule has 9 heteroatoms. The first-order valence-electron chi connectivity index (χ1n) is 6.68. The summed E-state index contributed by atoms with van der Waals surface area (Å²) in [6.45, 7) is 2.28. The minimum Gasteiger partial charge on any atom is -0.347 e. The fourth-order valence-electron chi connectivity index (χ4n) is 1.96. The van der Waals surface area contributed by atoms with Crippen molar-refractivity contribution < 1.29 is 4.79 Å². The van der Waals surface area contributed by atoms with E-state index in [0.717, 1.165) is 17.1 Å². The molecule has 0 unspecified atom stereocenters. The molecule has 0 spiro atoms. The maximum Gasteiger partial charge on any atom is 0.265 e. The van der Waals surface area contributed by atoms with Crippen molar-refractivity contribution in [2.24, 2.45) is 0 Å². The molecule has 0 aliphatic carbocycles. The number of amides is 1. The molecule has 3 rings (SSSR count). The summed E-state index contributed by atoms with van der Waals surface area (Å²) in [6.07, 6.45) is 5.35. The van der Waals surface area contributed by atoms with Gasteiger partial charge in [-0.05, 0) is 24.0 Å². The highest BCUT2D eigenvalue weighted by Gasteiger charge is 2.15. The van der Waals surface area contributed by atoms with Crippen molar-refractivity contribution in [1.82, 2.24) is 34.7 Å². The number of hydrogen-bond acceptors (Lipinski definition) is 7. The van der Waals surface area contributed by atoms with Crippen molar-refractivity contribution in [1.29, 1.82) is 0 Å². The van der Waals surface area contributed by atoms with E-state index in [1.54, 1.807) is 17.2 Å². The molecule has 0 radical (unpaired) electrons. The third-order valence-corrected chi connectivity index (χ3v) is 3.81. The van der Waals surface area contributed by atoms with Gasteiger partial charge in [0.2, 0.25) is 0 Å². The Labute approximate surface area is 130 Å². The molecular formula is C13H13N7OS. The van der Waals surface area contributed by atoms with Crippen LogP contribution in [-0.4, -0.2) is 35.2 Å². The average Bonchev–Trinajstić information content (AvgIpc) is 3.23. The Bertz CT molecular complexity index is 768. The summed E-state index contributed by atoms with van der Waals surface area (Å²) in [5.74, 6) is 0.457. The third kappa shape index (κ3) is 2.84. The van der Waals surface area contributed by atoms with Crippen LogP contribution in [0.3, 0.4) is 0 Å². The van der Waals surface area contributed by atoms with Crippen molar-refractivity contribution in [3.63, 3.8) is 0 Å². The van der Waals surface area contributed by atoms with Crippen LogP contribution >= 0.6 is 11.5 Å². The van der Waals surface area contributed by atoms with Gasteiger partial charge >= 0.3 is 0 Å². The Morgan fingerprint density at radius 1 is 1.45 bits per heavy atom. The minimum atomic E-state index is -0.180. The highest BCUT2D eigenvalue weighted by Crippen LogP contribution is 2.13. The molecule has 3 heterocycles. The van der Waals surface area contributed by atoms with Crippen LogP contribution < -0.4 is 5.32 Å². The molecule has 112 valence electrons. The quantitative estimate of drug-likeness (QED) is 0.754. The van der Waals surface area contributed by atoms with E-state index in [0.29, 0.717) is 29.4 Å². The SMILES string of the molecule is CCc1nnsc1C(=O)NCc1cccnc1-n1cncn1. The second kappa shape index (κ2) is 6.39. The molecule has 1 amide bonds. The second-order valence-electron chi connectivity index (χ2n) is 4.41. The topological polar surface area (TPSA) is 98.5 Å². The first-order chi connectivity index (χ1) is 10.8. The summed E-state index contributed by atoms with van der Waals surface area (Å²) < 4.78 is 5.39. The average molecular weight is 315 g/mol. The molecule has 0 aliphatic heterocycles. The van der Waals surface area contributed by atoms with Gasteiger partial charge in [0.1, 0.15) is 17.5 Å². The highest BCUT2D eigenvalue weighted by atomic mass is 32.1. The molecule has 0 bridgehead atoms. The Kier molecular flexibility index (Phi) is 4.15. The number of rotatable bonds is 5. The van der Waals surface area contributed by atoms with E-state index in [-0.39, 0.29) is 5.91 Å². The zero-order valence-corrected chi connectivity index (χ0v) is 12.6. The number of nitrogens with zero attached hydrogens (tertiary/aromatic N) is 6. The number of aryl methyl sites for hydroxylation is 1. The molecule has 0 saturated heterocycles. The lowest BCUT2D eigenvalue weighted by atomic mass is 10.2. The normalized spacial score (nSPS) is 10.6. The number of carbonyl (C=O) groups is 1. The molecule has 1 N–H and O–H groups in total. The van der Waals surface area contributed by atoms with Crippen LogP contribution in [0.25, 0.3) is 5.82 Å². The molecule has 0 fully saturated rings. The van der Waals surface area contributed by atoms with Crippen LogP contribution in [0.2, 0.25) is 0 Å². The van der Waals surface area contributed by atoms with E-state index >= 15 is 0 Å². The number of pyridine rings is 1. The monoisotopic (exact) mass is 315 g/mol. The molecule has 22 heavy (non-hydrogen) atoms. The lowest BCUT2D eigenvalue weighted by molar-refractivity contribution is 0.0954. The fraction of sp³-hybridized carbons (Fsp3) is 0.231. The molecular weight excluding hydrogens is 302 g/mol. The smallest absolute Gasteiger partial charge is 0.265 e. The van der Waals surface area contributed by atoms with Crippen molar-refractivity contribution in [2.45, 2.75) is 19.9 Å². The minimum absolute atomic E-state index is 0.180. The predicted molar refractivity (Wildman–Crippen MR) is 79.6 cm³/mol. The van der Waals surface area contributed by atoms with Crippen molar-refractivity contribution in [2.75, 3.05) is 0 Å². The Hall–Kier alpha value is -2.68. The Morgan fingerprint density at radius 3 is 3.14 bits per heavy atom. The van der Waals surface area contributed by atoms with Gasteiger partial charge in [-0.3, -0.25) is 4.79 Å². The lowest BCUT2D eigenvalue weighted by Crippen LogP contribution is -2.24. The summed E-state index contributed by atoms with van der Waals surface area (Å²) in [4.78, 5) is 21.0. The van der Waals surface area contributed by atoms with Gasteiger partial charge in [0.15, 0.2) is 5.82 Å². The van der Waals surface area contributed by atoms with E-state index < -0.39 is 0 Å². The van der Waals surface area contributed by atoms with Gasteiger partial charge in [0, 0.05) is 18.3 Å². The zero-order chi connectivity index (χ0) is 15.4. The Balaban J connectivity index is 1.76. The molecule has 0 saturated carbocycles. The summed E-state index contributed by atoms with van der Waals surface area (Å²) in [5, 5.41) is 10.9. The number of aromatic nitrogens is 6. The first-order valence-corrected chi connectivity index (χ1v) is 7.45. The van der Waals surface area contributed by atoms with Crippen LogP contribution in [0.4, 0.5) is 0 Å². The maximum atomic E-state index is 12.2. The first kappa shape index (κ1) is 14.3. The zero-order valence-electron chi connectivity index (χ0n) is 11.8. The number of nitrogens with one attached hydrogen (secondary N) is 1. The van der Waals surface area contributed by atoms with E-state index in [1.807, 2.05) is 19.1 Å². The Morgan fingerprint density at radius 2 is 2.36 bits per heavy atom. The standard InChI is InChI=1S/C13H13N7OS/c1-2-10-11(22-19-18-10)13(21)16-6-9-4-3-5-15-12(9)20-8-14-7-17-20/h3-5,7-8H,2,6H2,1H3,(H,16,21). The van der Waals surface area contributed by atoms with Gasteiger partial charge in [-0.15, -0.1) is 5.10 Å². The molecule has 0 aliphatic rings. The van der Waals surface area contributed by atoms with E-state index in [4.69, 9.17) is 0 Å². The van der Waals surface area contributed by atoms with Gasteiger partial charge < -0.3 is 5.32 Å². The molecule has 8 nitrogen and oxygen atoms in total. The van der Waals surface area contributed by atoms with Crippen LogP contribution in [-0.2, 0) is 13.0 Å². The molecule has 3 aromatic rings.